The summed E-state index contributed by atoms with van der Waals surface area (Å²) in [6, 6.07) is 0. The van der Waals surface area contributed by atoms with Crippen LogP contribution in [0.1, 0.15) is 19.3 Å². The minimum atomic E-state index is -1.88. The number of hydrogen-bond donors (Lipinski definition) is 0. The van der Waals surface area contributed by atoms with Crippen LogP contribution in [0.5, 0.6) is 0 Å². The second-order valence-corrected chi connectivity index (χ2v) is 31.6. The Bertz CT molecular complexity index is 606. The fraction of sp³-hybridized carbons (Fsp3) is 1.00. The molecule has 0 aromatic rings. The SMILES string of the molecule is C[Si](C)(C)OC[C@H]1O[C@@H](N2CCCCC2)[C@H](O[Si](C)(C)C)[C@@H](O[Si](C)(C)C)[C@@H]1O[Si](C)(C)C. The minimum Gasteiger partial charge on any atom is -0.415 e. The van der Waals surface area contributed by atoms with Crippen LogP contribution in [-0.4, -0.2) is 88.5 Å². The molecule has 0 aromatic carbocycles. The number of rotatable bonds is 10. The lowest BCUT2D eigenvalue weighted by Gasteiger charge is -2.53. The summed E-state index contributed by atoms with van der Waals surface area (Å²) in [4.78, 5) is 2.50. The molecular weight excluding hydrogens is 483 g/mol. The van der Waals surface area contributed by atoms with E-state index in [9.17, 15) is 0 Å². The highest BCUT2D eigenvalue weighted by Crippen LogP contribution is 2.36. The molecule has 6 nitrogen and oxygen atoms in total. The summed E-state index contributed by atoms with van der Waals surface area (Å²) < 4.78 is 34.1. The average Bonchev–Trinajstić information content (AvgIpc) is 2.60. The molecule has 0 spiro atoms. The first-order valence-corrected chi connectivity index (χ1v) is 26.5. The van der Waals surface area contributed by atoms with Crippen LogP contribution in [0.4, 0.5) is 0 Å². The van der Waals surface area contributed by atoms with Gasteiger partial charge in [-0.2, -0.15) is 0 Å². The van der Waals surface area contributed by atoms with Crippen LogP contribution in [0.2, 0.25) is 78.6 Å². The monoisotopic (exact) mass is 535 g/mol. The lowest BCUT2D eigenvalue weighted by molar-refractivity contribution is -0.254. The van der Waals surface area contributed by atoms with Crippen LogP contribution in [0.3, 0.4) is 0 Å². The molecule has 0 bridgehead atoms. The molecule has 33 heavy (non-hydrogen) atoms. The zero-order valence-electron chi connectivity index (χ0n) is 23.6. The Morgan fingerprint density at radius 2 is 1.06 bits per heavy atom. The van der Waals surface area contributed by atoms with Crippen molar-refractivity contribution >= 4 is 33.3 Å². The van der Waals surface area contributed by atoms with Gasteiger partial charge in [0.05, 0.1) is 6.61 Å². The van der Waals surface area contributed by atoms with E-state index < -0.39 is 33.3 Å². The Morgan fingerprint density at radius 1 is 0.606 bits per heavy atom. The molecule has 10 heteroatoms. The van der Waals surface area contributed by atoms with E-state index in [0.29, 0.717) is 6.61 Å². The minimum absolute atomic E-state index is 0.116. The molecule has 2 aliphatic heterocycles. The molecule has 2 rings (SSSR count). The summed E-state index contributed by atoms with van der Waals surface area (Å²) in [7, 11) is -7.33. The van der Waals surface area contributed by atoms with Gasteiger partial charge in [-0.1, -0.05) is 6.42 Å². The summed E-state index contributed by atoms with van der Waals surface area (Å²) in [6.45, 7) is 29.7. The number of nitrogens with zero attached hydrogens (tertiary/aromatic N) is 1. The van der Waals surface area contributed by atoms with E-state index in [0.717, 1.165) is 13.1 Å². The summed E-state index contributed by atoms with van der Waals surface area (Å²) >= 11 is 0. The van der Waals surface area contributed by atoms with Crippen molar-refractivity contribution in [2.24, 2.45) is 0 Å². The van der Waals surface area contributed by atoms with Gasteiger partial charge in [-0.15, -0.1) is 0 Å². The van der Waals surface area contributed by atoms with E-state index in [2.05, 4.69) is 83.5 Å². The zero-order valence-corrected chi connectivity index (χ0v) is 27.6. The second-order valence-electron chi connectivity index (χ2n) is 13.7. The van der Waals surface area contributed by atoms with Crippen molar-refractivity contribution in [1.29, 1.82) is 0 Å². The van der Waals surface area contributed by atoms with Crippen LogP contribution in [-0.2, 0) is 22.4 Å². The largest absolute Gasteiger partial charge is 0.415 e. The van der Waals surface area contributed by atoms with Crippen molar-refractivity contribution in [2.75, 3.05) is 19.7 Å². The normalized spacial score (nSPS) is 31.1. The topological polar surface area (TPSA) is 49.4 Å². The fourth-order valence-corrected chi connectivity index (χ4v) is 8.37. The Morgan fingerprint density at radius 3 is 1.52 bits per heavy atom. The highest BCUT2D eigenvalue weighted by Gasteiger charge is 2.53. The molecule has 196 valence electrons. The number of ether oxygens (including phenoxy) is 1. The molecule has 5 atom stereocenters. The van der Waals surface area contributed by atoms with Gasteiger partial charge in [-0.05, 0) is 91.4 Å². The third kappa shape index (κ3) is 10.6. The fourth-order valence-electron chi connectivity index (χ4n) is 4.45. The highest BCUT2D eigenvalue weighted by molar-refractivity contribution is 6.71. The molecule has 0 amide bonds. The van der Waals surface area contributed by atoms with Gasteiger partial charge in [-0.25, -0.2) is 0 Å². The average molecular weight is 536 g/mol. The Balaban J connectivity index is 2.50. The smallest absolute Gasteiger partial charge is 0.184 e. The third-order valence-electron chi connectivity index (χ3n) is 5.51. The molecular formula is C23H53NO5Si4. The van der Waals surface area contributed by atoms with Crippen molar-refractivity contribution in [3.05, 3.63) is 0 Å². The van der Waals surface area contributed by atoms with Crippen molar-refractivity contribution in [3.8, 4) is 0 Å². The van der Waals surface area contributed by atoms with Gasteiger partial charge in [0.1, 0.15) is 30.6 Å². The van der Waals surface area contributed by atoms with Gasteiger partial charge in [0.25, 0.3) is 0 Å². The van der Waals surface area contributed by atoms with Crippen LogP contribution < -0.4 is 0 Å². The van der Waals surface area contributed by atoms with E-state index >= 15 is 0 Å². The lowest BCUT2D eigenvalue weighted by Crippen LogP contribution is -2.69. The van der Waals surface area contributed by atoms with Crippen LogP contribution >= 0.6 is 0 Å². The van der Waals surface area contributed by atoms with Gasteiger partial charge in [0.2, 0.25) is 0 Å². The molecule has 0 unspecified atom stereocenters. The number of piperidine rings is 1. The van der Waals surface area contributed by atoms with Gasteiger partial charge in [0.15, 0.2) is 33.3 Å². The quantitative estimate of drug-likeness (QED) is 0.334. The highest BCUT2D eigenvalue weighted by atomic mass is 28.4. The maximum Gasteiger partial charge on any atom is 0.184 e. The predicted octanol–water partition coefficient (Wildman–Crippen LogP) is 5.71. The third-order valence-corrected chi connectivity index (χ3v) is 9.48. The molecule has 0 aliphatic carbocycles. The van der Waals surface area contributed by atoms with E-state index in [1.165, 1.54) is 19.3 Å². The van der Waals surface area contributed by atoms with E-state index in [4.69, 9.17) is 22.4 Å². The second kappa shape index (κ2) is 11.3. The molecule has 2 fully saturated rings. The van der Waals surface area contributed by atoms with Crippen LogP contribution in [0.15, 0.2) is 0 Å². The molecule has 0 aromatic heterocycles. The standard InChI is InChI=1S/C23H53NO5Si4/c1-30(2,3)25-18-19-20(27-31(4,5)6)21(28-32(7,8)9)22(29-33(10,11)12)23(26-19)24-16-14-13-15-17-24/h19-23H,13-18H2,1-12H3/t19-,20-,21+,22-,23-/m1/s1. The van der Waals surface area contributed by atoms with Crippen molar-refractivity contribution in [1.82, 2.24) is 4.90 Å². The first-order valence-electron chi connectivity index (χ1n) is 12.9. The van der Waals surface area contributed by atoms with E-state index in [1.807, 2.05) is 0 Å². The molecule has 0 radical (unpaired) electrons. The summed E-state index contributed by atoms with van der Waals surface area (Å²) in [5.74, 6) is 0. The van der Waals surface area contributed by atoms with Gasteiger partial charge >= 0.3 is 0 Å². The van der Waals surface area contributed by atoms with Gasteiger partial charge < -0.3 is 22.4 Å². The molecule has 0 saturated carbocycles. The number of hydrogen-bond acceptors (Lipinski definition) is 6. The van der Waals surface area contributed by atoms with Crippen molar-refractivity contribution in [2.45, 2.75) is 128 Å². The van der Waals surface area contributed by atoms with Crippen LogP contribution in [0.25, 0.3) is 0 Å². The van der Waals surface area contributed by atoms with Gasteiger partial charge in [-0.3, -0.25) is 4.90 Å². The molecule has 2 aliphatic rings. The Hall–Kier alpha value is 0.628. The van der Waals surface area contributed by atoms with Gasteiger partial charge in [0, 0.05) is 13.1 Å². The maximum atomic E-state index is 6.96. The Labute approximate surface area is 208 Å². The molecule has 2 saturated heterocycles. The van der Waals surface area contributed by atoms with E-state index in [-0.39, 0.29) is 30.6 Å². The molecule has 2 heterocycles. The zero-order chi connectivity index (χ0) is 25.2. The van der Waals surface area contributed by atoms with E-state index in [1.54, 1.807) is 0 Å². The summed E-state index contributed by atoms with van der Waals surface area (Å²) in [5.41, 5.74) is 0. The summed E-state index contributed by atoms with van der Waals surface area (Å²) in [5, 5.41) is 0. The lowest BCUT2D eigenvalue weighted by atomic mass is 9.96. The predicted molar refractivity (Wildman–Crippen MR) is 148 cm³/mol. The van der Waals surface area contributed by atoms with Crippen molar-refractivity contribution < 1.29 is 22.4 Å². The first kappa shape index (κ1) is 29.9. The summed E-state index contributed by atoms with van der Waals surface area (Å²) in [6.07, 6.45) is 2.97. The number of likely N-dealkylation sites (tertiary alicyclic amines) is 1. The molecule has 0 N–H and O–H groups in total. The van der Waals surface area contributed by atoms with Crippen LogP contribution in [0, 0.1) is 0 Å². The Kier molecular flexibility index (Phi) is 10.3. The first-order chi connectivity index (χ1) is 14.8. The maximum absolute atomic E-state index is 6.96. The van der Waals surface area contributed by atoms with Crippen molar-refractivity contribution in [3.63, 3.8) is 0 Å².